The first-order valence-electron chi connectivity index (χ1n) is 5.30. The Kier molecular flexibility index (Phi) is 3.11. The highest BCUT2D eigenvalue weighted by atomic mass is 79.9. The van der Waals surface area contributed by atoms with Crippen LogP contribution < -0.4 is 5.73 Å². The first-order valence-corrected chi connectivity index (χ1v) is 6.09. The quantitative estimate of drug-likeness (QED) is 0.946. The normalized spacial score (nSPS) is 10.8. The number of halogens is 1. The Morgan fingerprint density at radius 2 is 2.29 bits per heavy atom. The molecule has 0 saturated carbocycles. The van der Waals surface area contributed by atoms with Gasteiger partial charge in [-0.1, -0.05) is 0 Å². The van der Waals surface area contributed by atoms with Gasteiger partial charge < -0.3 is 14.7 Å². The average Bonchev–Trinajstić information content (AvgIpc) is 2.84. The minimum Gasteiger partial charge on any atom is -0.463 e. The lowest BCUT2D eigenvalue weighted by atomic mass is 10.2. The van der Waals surface area contributed by atoms with E-state index < -0.39 is 5.91 Å². The minimum absolute atomic E-state index is 0.436. The van der Waals surface area contributed by atoms with Crippen molar-refractivity contribution in [2.75, 3.05) is 0 Å². The number of amides is 1. The third-order valence-electron chi connectivity index (χ3n) is 2.78. The second kappa shape index (κ2) is 4.41. The van der Waals surface area contributed by atoms with Crippen LogP contribution >= 0.6 is 15.9 Å². The molecule has 2 aromatic rings. The molecule has 0 saturated heterocycles. The van der Waals surface area contributed by atoms with E-state index in [0.29, 0.717) is 15.8 Å². The number of carbonyl (C=O) groups is 1. The van der Waals surface area contributed by atoms with Crippen LogP contribution in [0.2, 0.25) is 0 Å². The number of nitrogens with two attached hydrogens (primary N) is 1. The van der Waals surface area contributed by atoms with Crippen molar-refractivity contribution in [3.05, 3.63) is 34.1 Å². The summed E-state index contributed by atoms with van der Waals surface area (Å²) >= 11 is 3.43. The highest BCUT2D eigenvalue weighted by Crippen LogP contribution is 2.35. The summed E-state index contributed by atoms with van der Waals surface area (Å²) in [4.78, 5) is 11.4. The molecule has 0 aromatic carbocycles. The van der Waals surface area contributed by atoms with E-state index in [1.165, 1.54) is 0 Å². The lowest BCUT2D eigenvalue weighted by Crippen LogP contribution is -2.12. The van der Waals surface area contributed by atoms with E-state index >= 15 is 0 Å². The molecule has 0 atom stereocenters. The van der Waals surface area contributed by atoms with E-state index in [0.717, 1.165) is 17.9 Å². The molecule has 0 fully saturated rings. The maximum Gasteiger partial charge on any atom is 0.251 e. The average molecular weight is 297 g/mol. The predicted octanol–water partition coefficient (Wildman–Crippen LogP) is 2.94. The number of hydrogen-bond donors (Lipinski definition) is 1. The number of hydrogen-bond acceptors (Lipinski definition) is 2. The fraction of sp³-hybridized carbons (Fsp3) is 0.250. The molecule has 0 aliphatic heterocycles. The Balaban J connectivity index is 2.75. The van der Waals surface area contributed by atoms with Crippen LogP contribution in [0, 0.1) is 6.92 Å². The molecule has 17 heavy (non-hydrogen) atoms. The van der Waals surface area contributed by atoms with E-state index in [1.807, 2.05) is 30.5 Å². The second-order valence-corrected chi connectivity index (χ2v) is 4.50. The van der Waals surface area contributed by atoms with Crippen LogP contribution in [0.1, 0.15) is 23.0 Å². The molecule has 2 heterocycles. The van der Waals surface area contributed by atoms with Crippen molar-refractivity contribution in [1.29, 1.82) is 0 Å². The summed E-state index contributed by atoms with van der Waals surface area (Å²) in [5.74, 6) is 0.281. The Bertz CT molecular complexity index is 556. The van der Waals surface area contributed by atoms with Crippen LogP contribution in [0.4, 0.5) is 0 Å². The summed E-state index contributed by atoms with van der Waals surface area (Å²) in [6, 6.07) is 3.67. The minimum atomic E-state index is -0.436. The highest BCUT2D eigenvalue weighted by molar-refractivity contribution is 9.10. The topological polar surface area (TPSA) is 61.2 Å². The van der Waals surface area contributed by atoms with E-state index in [4.69, 9.17) is 10.2 Å². The number of rotatable bonds is 3. The summed E-state index contributed by atoms with van der Waals surface area (Å²) in [6.45, 7) is 4.63. The van der Waals surface area contributed by atoms with Crippen molar-refractivity contribution < 1.29 is 9.21 Å². The number of furan rings is 1. The van der Waals surface area contributed by atoms with Crippen LogP contribution in [0.15, 0.2) is 27.3 Å². The van der Waals surface area contributed by atoms with E-state index in [2.05, 4.69) is 15.9 Å². The molecule has 2 N–H and O–H groups in total. The zero-order valence-corrected chi connectivity index (χ0v) is 11.2. The summed E-state index contributed by atoms with van der Waals surface area (Å²) in [7, 11) is 0. The van der Waals surface area contributed by atoms with Gasteiger partial charge in [-0.05, 0) is 41.9 Å². The van der Waals surface area contributed by atoms with Crippen LogP contribution in [0.5, 0.6) is 0 Å². The first-order chi connectivity index (χ1) is 8.07. The summed E-state index contributed by atoms with van der Waals surface area (Å²) in [5.41, 5.74) is 7.60. The number of aromatic nitrogens is 1. The smallest absolute Gasteiger partial charge is 0.251 e. The Hall–Kier alpha value is -1.49. The van der Waals surface area contributed by atoms with Crippen molar-refractivity contribution in [1.82, 2.24) is 4.57 Å². The molecule has 5 heteroatoms. The van der Waals surface area contributed by atoms with Crippen LogP contribution in [-0.2, 0) is 6.54 Å². The van der Waals surface area contributed by atoms with Crippen molar-refractivity contribution in [2.24, 2.45) is 5.73 Å². The predicted molar refractivity (Wildman–Crippen MR) is 68.8 cm³/mol. The van der Waals surface area contributed by atoms with Gasteiger partial charge in [0.05, 0.1) is 22.0 Å². The molecule has 0 unspecified atom stereocenters. The molecule has 1 amide bonds. The lowest BCUT2D eigenvalue weighted by molar-refractivity contribution is 0.0999. The van der Waals surface area contributed by atoms with Gasteiger partial charge in [0.25, 0.3) is 5.91 Å². The molecule has 0 bridgehead atoms. The van der Waals surface area contributed by atoms with Crippen molar-refractivity contribution in [3.63, 3.8) is 0 Å². The van der Waals surface area contributed by atoms with Gasteiger partial charge in [0.2, 0.25) is 0 Å². The van der Waals surface area contributed by atoms with E-state index in [9.17, 15) is 4.79 Å². The largest absolute Gasteiger partial charge is 0.463 e. The number of carbonyl (C=O) groups excluding carboxylic acids is 1. The molecule has 90 valence electrons. The molecule has 2 aromatic heterocycles. The monoisotopic (exact) mass is 296 g/mol. The molecular weight excluding hydrogens is 284 g/mol. The van der Waals surface area contributed by atoms with Gasteiger partial charge in [-0.15, -0.1) is 0 Å². The van der Waals surface area contributed by atoms with Gasteiger partial charge in [0.1, 0.15) is 0 Å². The van der Waals surface area contributed by atoms with Gasteiger partial charge in [0, 0.05) is 12.2 Å². The van der Waals surface area contributed by atoms with Gasteiger partial charge in [-0.25, -0.2) is 0 Å². The maximum absolute atomic E-state index is 11.4. The molecule has 0 aliphatic rings. The number of nitrogens with zero attached hydrogens (tertiary/aromatic N) is 1. The number of primary amides is 1. The molecular formula is C12H13BrN2O2. The zero-order chi connectivity index (χ0) is 12.6. The Morgan fingerprint density at radius 1 is 1.59 bits per heavy atom. The van der Waals surface area contributed by atoms with Gasteiger partial charge in [0.15, 0.2) is 5.76 Å². The third-order valence-corrected chi connectivity index (χ3v) is 3.55. The Morgan fingerprint density at radius 3 is 2.76 bits per heavy atom. The van der Waals surface area contributed by atoms with Crippen molar-refractivity contribution in [2.45, 2.75) is 20.4 Å². The summed E-state index contributed by atoms with van der Waals surface area (Å²) < 4.78 is 8.08. The highest BCUT2D eigenvalue weighted by Gasteiger charge is 2.23. The van der Waals surface area contributed by atoms with E-state index in [1.54, 1.807) is 6.26 Å². The van der Waals surface area contributed by atoms with Crippen LogP contribution in [0.3, 0.4) is 0 Å². The lowest BCUT2D eigenvalue weighted by Gasteiger charge is -2.06. The SMILES string of the molecule is CCn1c(C)c(C(N)=O)c(Br)c1-c1ccco1. The summed E-state index contributed by atoms with van der Waals surface area (Å²) in [6.07, 6.45) is 1.61. The van der Waals surface area contributed by atoms with Crippen molar-refractivity contribution >= 4 is 21.8 Å². The van der Waals surface area contributed by atoms with Gasteiger partial charge in [-0.3, -0.25) is 4.79 Å². The molecule has 2 rings (SSSR count). The standard InChI is InChI=1S/C12H13BrN2O2/c1-3-15-7(2)9(12(14)16)10(13)11(15)8-5-4-6-17-8/h4-6H,3H2,1-2H3,(H2,14,16). The van der Waals surface area contributed by atoms with Gasteiger partial charge in [-0.2, -0.15) is 0 Å². The molecule has 0 aliphatic carbocycles. The van der Waals surface area contributed by atoms with Crippen LogP contribution in [-0.4, -0.2) is 10.5 Å². The second-order valence-electron chi connectivity index (χ2n) is 3.71. The molecule has 4 nitrogen and oxygen atoms in total. The van der Waals surface area contributed by atoms with Gasteiger partial charge >= 0.3 is 0 Å². The zero-order valence-electron chi connectivity index (χ0n) is 9.66. The maximum atomic E-state index is 11.4. The third kappa shape index (κ3) is 1.80. The molecule has 0 spiro atoms. The fourth-order valence-electron chi connectivity index (χ4n) is 2.03. The van der Waals surface area contributed by atoms with E-state index in [-0.39, 0.29) is 0 Å². The van der Waals surface area contributed by atoms with Crippen molar-refractivity contribution in [3.8, 4) is 11.5 Å². The fourth-order valence-corrected chi connectivity index (χ4v) is 2.93. The summed E-state index contributed by atoms with van der Waals surface area (Å²) in [5, 5.41) is 0. The Labute approximate surface area is 108 Å². The molecule has 0 radical (unpaired) electrons. The van der Waals surface area contributed by atoms with Crippen LogP contribution in [0.25, 0.3) is 11.5 Å². The first kappa shape index (κ1) is 12.0.